The summed E-state index contributed by atoms with van der Waals surface area (Å²) in [7, 11) is 0. The molecule has 0 radical (unpaired) electrons. The summed E-state index contributed by atoms with van der Waals surface area (Å²) in [6.45, 7) is 4.17. The average molecular weight is 243 g/mol. The molecule has 0 amide bonds. The van der Waals surface area contributed by atoms with Gasteiger partial charge in [-0.15, -0.1) is 16.7 Å². The highest BCUT2D eigenvalue weighted by Gasteiger charge is 2.29. The van der Waals surface area contributed by atoms with Gasteiger partial charge in [-0.1, -0.05) is 26.2 Å². The fraction of sp³-hybridized carbons (Fsp3) is 0.909. The van der Waals surface area contributed by atoms with Gasteiger partial charge in [-0.2, -0.15) is 0 Å². The van der Waals surface area contributed by atoms with Gasteiger partial charge in [-0.3, -0.25) is 0 Å². The van der Waals surface area contributed by atoms with Crippen molar-refractivity contribution in [1.82, 2.24) is 20.2 Å². The molecule has 1 fully saturated rings. The van der Waals surface area contributed by atoms with E-state index in [2.05, 4.69) is 22.4 Å². The summed E-state index contributed by atoms with van der Waals surface area (Å²) in [5.41, 5.74) is 0. The Hall–Kier alpha value is -0.640. The van der Waals surface area contributed by atoms with Crippen molar-refractivity contribution in [1.29, 1.82) is 0 Å². The van der Waals surface area contributed by atoms with Gasteiger partial charge in [0.25, 0.3) is 0 Å². The summed E-state index contributed by atoms with van der Waals surface area (Å²) >= 11 is 6.10. The monoisotopic (exact) mass is 242 g/mol. The first kappa shape index (κ1) is 11.8. The second-order valence-corrected chi connectivity index (χ2v) is 5.27. The number of rotatable bonds is 3. The van der Waals surface area contributed by atoms with E-state index in [0.29, 0.717) is 12.0 Å². The van der Waals surface area contributed by atoms with Gasteiger partial charge in [0, 0.05) is 0 Å². The SMILES string of the molecule is CCC1CCCCC1n1nnnc1C(C)Cl. The molecular weight excluding hydrogens is 224 g/mol. The van der Waals surface area contributed by atoms with E-state index in [0.717, 1.165) is 5.82 Å². The Morgan fingerprint density at radius 3 is 2.88 bits per heavy atom. The van der Waals surface area contributed by atoms with Crippen LogP contribution in [0.15, 0.2) is 0 Å². The molecule has 3 unspecified atom stereocenters. The molecule has 4 nitrogen and oxygen atoms in total. The Bertz CT molecular complexity index is 336. The summed E-state index contributed by atoms with van der Waals surface area (Å²) in [6, 6.07) is 0.449. The van der Waals surface area contributed by atoms with Crippen LogP contribution in [0.3, 0.4) is 0 Å². The molecular formula is C11H19ClN4. The zero-order chi connectivity index (χ0) is 11.5. The molecule has 1 aliphatic rings. The predicted molar refractivity (Wildman–Crippen MR) is 63.4 cm³/mol. The van der Waals surface area contributed by atoms with Crippen LogP contribution in [0.2, 0.25) is 0 Å². The van der Waals surface area contributed by atoms with E-state index in [4.69, 9.17) is 11.6 Å². The first-order valence-corrected chi connectivity index (χ1v) is 6.59. The number of alkyl halides is 1. The largest absolute Gasteiger partial charge is 0.225 e. The van der Waals surface area contributed by atoms with Crippen molar-refractivity contribution in [3.05, 3.63) is 5.82 Å². The lowest BCUT2D eigenvalue weighted by Crippen LogP contribution is -2.25. The Morgan fingerprint density at radius 2 is 2.19 bits per heavy atom. The van der Waals surface area contributed by atoms with Gasteiger partial charge in [0.15, 0.2) is 5.82 Å². The summed E-state index contributed by atoms with van der Waals surface area (Å²) < 4.78 is 1.96. The topological polar surface area (TPSA) is 43.6 Å². The minimum Gasteiger partial charge on any atom is -0.225 e. The highest BCUT2D eigenvalue weighted by Crippen LogP contribution is 2.36. The van der Waals surface area contributed by atoms with Crippen molar-refractivity contribution >= 4 is 11.6 Å². The Kier molecular flexibility index (Phi) is 3.79. The molecule has 0 spiro atoms. The fourth-order valence-corrected chi connectivity index (χ4v) is 2.83. The third-order valence-corrected chi connectivity index (χ3v) is 3.78. The zero-order valence-electron chi connectivity index (χ0n) is 9.93. The number of aromatic nitrogens is 4. The molecule has 90 valence electrons. The average Bonchev–Trinajstić information content (AvgIpc) is 2.77. The van der Waals surface area contributed by atoms with Gasteiger partial charge in [-0.05, 0) is 36.1 Å². The third-order valence-electron chi connectivity index (χ3n) is 3.58. The molecule has 1 aromatic rings. The van der Waals surface area contributed by atoms with Gasteiger partial charge < -0.3 is 0 Å². The Balaban J connectivity index is 2.23. The molecule has 1 heterocycles. The summed E-state index contributed by atoms with van der Waals surface area (Å²) in [6.07, 6.45) is 6.28. The van der Waals surface area contributed by atoms with E-state index in [1.807, 2.05) is 11.6 Å². The van der Waals surface area contributed by atoms with Gasteiger partial charge in [0.1, 0.15) is 0 Å². The lowest BCUT2D eigenvalue weighted by molar-refractivity contribution is 0.210. The minimum absolute atomic E-state index is 0.116. The zero-order valence-corrected chi connectivity index (χ0v) is 10.7. The van der Waals surface area contributed by atoms with Crippen LogP contribution in [0, 0.1) is 5.92 Å². The Labute approximate surface area is 101 Å². The molecule has 3 atom stereocenters. The molecule has 0 aliphatic heterocycles. The van der Waals surface area contributed by atoms with Crippen molar-refractivity contribution in [3.8, 4) is 0 Å². The highest BCUT2D eigenvalue weighted by molar-refractivity contribution is 6.20. The summed E-state index contributed by atoms with van der Waals surface area (Å²) in [5.74, 6) is 1.51. The van der Waals surface area contributed by atoms with Crippen LogP contribution in [0.5, 0.6) is 0 Å². The standard InChI is InChI=1S/C11H19ClN4/c1-3-9-6-4-5-7-10(9)16-11(8(2)12)13-14-15-16/h8-10H,3-7H2,1-2H3. The van der Waals surface area contributed by atoms with E-state index < -0.39 is 0 Å². The first-order chi connectivity index (χ1) is 7.74. The molecule has 1 saturated carbocycles. The Morgan fingerprint density at radius 1 is 1.44 bits per heavy atom. The molecule has 0 bridgehead atoms. The van der Waals surface area contributed by atoms with Crippen LogP contribution in [-0.2, 0) is 0 Å². The van der Waals surface area contributed by atoms with Gasteiger partial charge >= 0.3 is 0 Å². The predicted octanol–water partition coefficient (Wildman–Crippen LogP) is 3.11. The van der Waals surface area contributed by atoms with Crippen LogP contribution >= 0.6 is 11.6 Å². The summed E-state index contributed by atoms with van der Waals surface area (Å²) in [5, 5.41) is 11.8. The van der Waals surface area contributed by atoms with E-state index >= 15 is 0 Å². The van der Waals surface area contributed by atoms with E-state index in [-0.39, 0.29) is 5.38 Å². The van der Waals surface area contributed by atoms with Crippen LogP contribution in [0.25, 0.3) is 0 Å². The van der Waals surface area contributed by atoms with Crippen LogP contribution in [-0.4, -0.2) is 20.2 Å². The maximum absolute atomic E-state index is 6.10. The number of tetrazole rings is 1. The quantitative estimate of drug-likeness (QED) is 0.765. The molecule has 1 aliphatic carbocycles. The highest BCUT2D eigenvalue weighted by atomic mass is 35.5. The smallest absolute Gasteiger partial charge is 0.169 e. The molecule has 0 saturated heterocycles. The van der Waals surface area contributed by atoms with Crippen molar-refractivity contribution in [2.24, 2.45) is 5.92 Å². The van der Waals surface area contributed by atoms with Gasteiger partial charge in [-0.25, -0.2) is 4.68 Å². The van der Waals surface area contributed by atoms with E-state index in [1.165, 1.54) is 32.1 Å². The van der Waals surface area contributed by atoms with E-state index in [1.54, 1.807) is 0 Å². The third kappa shape index (κ3) is 2.21. The number of nitrogens with zero attached hydrogens (tertiary/aromatic N) is 4. The molecule has 5 heteroatoms. The van der Waals surface area contributed by atoms with Crippen LogP contribution in [0.4, 0.5) is 0 Å². The van der Waals surface area contributed by atoms with Crippen molar-refractivity contribution in [2.45, 2.75) is 57.4 Å². The van der Waals surface area contributed by atoms with Crippen molar-refractivity contribution in [3.63, 3.8) is 0 Å². The van der Waals surface area contributed by atoms with Gasteiger partial charge in [0.05, 0.1) is 11.4 Å². The molecule has 0 aromatic carbocycles. The molecule has 2 rings (SSSR count). The van der Waals surface area contributed by atoms with Crippen LogP contribution in [0.1, 0.15) is 63.2 Å². The van der Waals surface area contributed by atoms with Crippen LogP contribution < -0.4 is 0 Å². The minimum atomic E-state index is -0.116. The fourth-order valence-electron chi connectivity index (χ4n) is 2.68. The second-order valence-electron chi connectivity index (χ2n) is 4.62. The van der Waals surface area contributed by atoms with Crippen molar-refractivity contribution in [2.75, 3.05) is 0 Å². The maximum atomic E-state index is 6.10. The first-order valence-electron chi connectivity index (χ1n) is 6.15. The number of hydrogen-bond donors (Lipinski definition) is 0. The molecule has 16 heavy (non-hydrogen) atoms. The number of halogens is 1. The lowest BCUT2D eigenvalue weighted by atomic mass is 9.83. The van der Waals surface area contributed by atoms with Crippen molar-refractivity contribution < 1.29 is 0 Å². The molecule has 1 aromatic heterocycles. The lowest BCUT2D eigenvalue weighted by Gasteiger charge is -2.31. The number of hydrogen-bond acceptors (Lipinski definition) is 3. The normalized spacial score (nSPS) is 27.9. The molecule has 0 N–H and O–H groups in total. The second kappa shape index (κ2) is 5.13. The van der Waals surface area contributed by atoms with E-state index in [9.17, 15) is 0 Å². The van der Waals surface area contributed by atoms with Gasteiger partial charge in [0.2, 0.25) is 0 Å². The summed E-state index contributed by atoms with van der Waals surface area (Å²) in [4.78, 5) is 0. The maximum Gasteiger partial charge on any atom is 0.169 e.